The van der Waals surface area contributed by atoms with Crippen molar-refractivity contribution in [2.24, 2.45) is 0 Å². The lowest BCUT2D eigenvalue weighted by Crippen LogP contribution is -2.69. The van der Waals surface area contributed by atoms with Gasteiger partial charge in [0, 0.05) is 17.0 Å². The lowest BCUT2D eigenvalue weighted by atomic mass is 9.85. The third-order valence-corrected chi connectivity index (χ3v) is 5.76. The highest BCUT2D eigenvalue weighted by Crippen LogP contribution is 2.43. The number of carboxylic acids is 1. The molecule has 5 N–H and O–H groups in total. The van der Waals surface area contributed by atoms with E-state index in [0.717, 1.165) is 10.8 Å². The average Bonchev–Trinajstić information content (AvgIpc) is 3.17. The molecule has 2 aromatic rings. The SMILES string of the molecule is N#Cc1c2ccccc2cn1[C@H]1C(F)C(F)(C(=O)O)O[C@@H]([C@H](O)[C@H](O)CO)[C@@H]1NC(=O)CC(F)(F)F. The minimum atomic E-state index is -5.03. The van der Waals surface area contributed by atoms with Gasteiger partial charge in [-0.05, 0) is 0 Å². The molecular weight excluding hydrogens is 501 g/mol. The van der Waals surface area contributed by atoms with Crippen LogP contribution in [0.3, 0.4) is 0 Å². The number of halogens is 5. The Morgan fingerprint density at radius 1 is 1.28 bits per heavy atom. The number of rotatable bonds is 7. The monoisotopic (exact) mass is 521 g/mol. The number of ether oxygens (including phenoxy) is 1. The Kier molecular flexibility index (Phi) is 7.55. The zero-order valence-electron chi connectivity index (χ0n) is 18.1. The summed E-state index contributed by atoms with van der Waals surface area (Å²) in [5.41, 5.74) is -0.362. The topological polar surface area (TPSA) is 165 Å². The van der Waals surface area contributed by atoms with Crippen LogP contribution in [0.1, 0.15) is 18.2 Å². The second-order valence-corrected chi connectivity index (χ2v) is 8.13. The minimum Gasteiger partial charge on any atom is -0.477 e. The number of nitrogens with zero attached hydrogens (tertiary/aromatic N) is 2. The summed E-state index contributed by atoms with van der Waals surface area (Å²) in [6, 6.07) is 3.20. The normalized spacial score (nSPS) is 28.3. The Bertz CT molecular complexity index is 1180. The molecule has 2 unspecified atom stereocenters. The molecule has 1 saturated heterocycles. The first-order valence-corrected chi connectivity index (χ1v) is 10.3. The molecule has 0 saturated carbocycles. The van der Waals surface area contributed by atoms with Gasteiger partial charge in [0.25, 0.3) is 0 Å². The number of aliphatic hydroxyl groups is 3. The summed E-state index contributed by atoms with van der Waals surface area (Å²) >= 11 is 0. The van der Waals surface area contributed by atoms with Crippen LogP contribution in [0.2, 0.25) is 0 Å². The molecule has 2 heterocycles. The largest absolute Gasteiger partial charge is 0.477 e. The van der Waals surface area contributed by atoms with Crippen molar-refractivity contribution in [3.63, 3.8) is 0 Å². The van der Waals surface area contributed by atoms with Gasteiger partial charge < -0.3 is 35.0 Å². The van der Waals surface area contributed by atoms with Gasteiger partial charge in [-0.25, -0.2) is 9.18 Å². The molecule has 1 aliphatic rings. The van der Waals surface area contributed by atoms with E-state index in [0.29, 0.717) is 0 Å². The van der Waals surface area contributed by atoms with Crippen molar-refractivity contribution in [3.8, 4) is 6.07 Å². The molecule has 1 aliphatic heterocycles. The molecule has 0 aliphatic carbocycles. The number of amides is 1. The van der Waals surface area contributed by atoms with Gasteiger partial charge in [0.05, 0.1) is 18.7 Å². The van der Waals surface area contributed by atoms with Crippen LogP contribution < -0.4 is 5.32 Å². The Hall–Kier alpha value is -3.32. The molecule has 36 heavy (non-hydrogen) atoms. The van der Waals surface area contributed by atoms with E-state index in [4.69, 9.17) is 0 Å². The number of nitriles is 1. The maximum absolute atomic E-state index is 15.7. The van der Waals surface area contributed by atoms with Crippen molar-refractivity contribution in [2.75, 3.05) is 6.61 Å². The van der Waals surface area contributed by atoms with Crippen LogP contribution in [0.4, 0.5) is 22.0 Å². The van der Waals surface area contributed by atoms with Crippen molar-refractivity contribution in [2.45, 2.75) is 55.0 Å². The van der Waals surface area contributed by atoms with Crippen LogP contribution in [-0.4, -0.2) is 86.0 Å². The van der Waals surface area contributed by atoms with Crippen molar-refractivity contribution in [1.82, 2.24) is 9.88 Å². The molecule has 10 nitrogen and oxygen atoms in total. The fourth-order valence-electron chi connectivity index (χ4n) is 4.14. The first-order chi connectivity index (χ1) is 16.7. The number of hydrogen-bond donors (Lipinski definition) is 5. The van der Waals surface area contributed by atoms with Gasteiger partial charge in [-0.1, -0.05) is 24.3 Å². The molecule has 0 radical (unpaired) electrons. The van der Waals surface area contributed by atoms with E-state index < -0.39 is 73.5 Å². The number of aliphatic carboxylic acids is 1. The van der Waals surface area contributed by atoms with Gasteiger partial charge in [0.2, 0.25) is 5.91 Å². The predicted octanol–water partition coefficient (Wildman–Crippen LogP) is 0.693. The lowest BCUT2D eigenvalue weighted by Gasteiger charge is -2.47. The van der Waals surface area contributed by atoms with Gasteiger partial charge in [-0.2, -0.15) is 22.8 Å². The second-order valence-electron chi connectivity index (χ2n) is 8.13. The lowest BCUT2D eigenvalue weighted by molar-refractivity contribution is -0.283. The summed E-state index contributed by atoms with van der Waals surface area (Å²) in [6.45, 7) is -1.20. The van der Waals surface area contributed by atoms with Crippen LogP contribution >= 0.6 is 0 Å². The molecule has 1 amide bonds. The van der Waals surface area contributed by atoms with Crippen molar-refractivity contribution in [1.29, 1.82) is 5.26 Å². The van der Waals surface area contributed by atoms with Crippen molar-refractivity contribution >= 4 is 22.6 Å². The Balaban J connectivity index is 2.24. The van der Waals surface area contributed by atoms with E-state index in [1.54, 1.807) is 11.4 Å². The quantitative estimate of drug-likeness (QED) is 0.332. The second kappa shape index (κ2) is 9.97. The number of benzene rings is 1. The molecule has 1 aromatic carbocycles. The molecule has 3 rings (SSSR count). The first-order valence-electron chi connectivity index (χ1n) is 10.3. The van der Waals surface area contributed by atoms with E-state index in [1.165, 1.54) is 24.3 Å². The summed E-state index contributed by atoms with van der Waals surface area (Å²) in [5.74, 6) is -8.54. The smallest absolute Gasteiger partial charge is 0.397 e. The third kappa shape index (κ3) is 4.98. The van der Waals surface area contributed by atoms with Crippen LogP contribution in [-0.2, 0) is 14.3 Å². The molecular formula is C21H20F5N3O7. The number of carboxylic acid groups (broad SMARTS) is 1. The summed E-state index contributed by atoms with van der Waals surface area (Å²) < 4.78 is 74.9. The van der Waals surface area contributed by atoms with E-state index in [9.17, 15) is 48.4 Å². The fourth-order valence-corrected chi connectivity index (χ4v) is 4.14. The van der Waals surface area contributed by atoms with Crippen LogP contribution in [0.15, 0.2) is 30.5 Å². The highest BCUT2D eigenvalue weighted by atomic mass is 19.4. The number of carbonyl (C=O) groups excluding carboxylic acids is 1. The van der Waals surface area contributed by atoms with Gasteiger partial charge in [0.1, 0.15) is 36.5 Å². The summed E-state index contributed by atoms with van der Waals surface area (Å²) in [7, 11) is 0. The van der Waals surface area contributed by atoms with Crippen molar-refractivity contribution in [3.05, 3.63) is 36.2 Å². The molecule has 1 aromatic heterocycles. The van der Waals surface area contributed by atoms with Gasteiger partial charge >= 0.3 is 18.0 Å². The number of carbonyl (C=O) groups is 2. The van der Waals surface area contributed by atoms with E-state index in [2.05, 4.69) is 4.74 Å². The maximum Gasteiger partial charge on any atom is 0.397 e. The average molecular weight is 521 g/mol. The van der Waals surface area contributed by atoms with E-state index in [1.807, 2.05) is 0 Å². The molecule has 15 heteroatoms. The molecule has 0 spiro atoms. The molecule has 7 atom stereocenters. The number of alkyl halides is 5. The van der Waals surface area contributed by atoms with Crippen LogP contribution in [0.25, 0.3) is 10.8 Å². The number of aliphatic hydroxyl groups excluding tert-OH is 3. The zero-order chi connectivity index (χ0) is 27.0. The first kappa shape index (κ1) is 27.3. The van der Waals surface area contributed by atoms with Gasteiger partial charge in [-0.15, -0.1) is 0 Å². The van der Waals surface area contributed by atoms with Crippen molar-refractivity contribution < 1.29 is 56.7 Å². The van der Waals surface area contributed by atoms with Crippen LogP contribution in [0, 0.1) is 11.3 Å². The number of nitrogens with one attached hydrogen (secondary N) is 1. The highest BCUT2D eigenvalue weighted by molar-refractivity contribution is 5.88. The summed E-state index contributed by atoms with van der Waals surface area (Å²) in [6.07, 6.45) is -16.2. The number of aromatic nitrogens is 1. The van der Waals surface area contributed by atoms with Crippen LogP contribution in [0.5, 0.6) is 0 Å². The Morgan fingerprint density at radius 2 is 1.92 bits per heavy atom. The molecule has 0 bridgehead atoms. The summed E-state index contributed by atoms with van der Waals surface area (Å²) in [4.78, 5) is 23.8. The highest BCUT2D eigenvalue weighted by Gasteiger charge is 2.64. The number of hydrogen-bond acceptors (Lipinski definition) is 7. The summed E-state index contributed by atoms with van der Waals surface area (Å²) in [5, 5.41) is 50.8. The standard InChI is InChI=1S/C21H20F5N3O7/c22-18-15(29-7-9-3-1-2-4-10(9)11(29)6-27)14(28-13(32)5-20(23,24)25)17(16(33)12(31)8-30)36-21(18,26)19(34)35/h1-4,7,12,14-18,30-31,33H,5,8H2,(H,28,32)(H,34,35)/t12-,14-,15-,16-,17-,18?,21?/m1/s1. The third-order valence-electron chi connectivity index (χ3n) is 5.76. The van der Waals surface area contributed by atoms with Gasteiger partial charge in [0.15, 0.2) is 6.17 Å². The van der Waals surface area contributed by atoms with E-state index in [-0.39, 0.29) is 16.5 Å². The van der Waals surface area contributed by atoms with E-state index >= 15 is 8.78 Å². The molecule has 196 valence electrons. The Morgan fingerprint density at radius 3 is 2.47 bits per heavy atom. The maximum atomic E-state index is 15.7. The zero-order valence-corrected chi connectivity index (χ0v) is 18.1. The molecule has 1 fully saturated rings. The fraction of sp³-hybridized carbons (Fsp3) is 0.476. The van der Waals surface area contributed by atoms with Gasteiger partial charge in [-0.3, -0.25) is 4.79 Å². The number of fused-ring (bicyclic) bond motifs is 1. The minimum absolute atomic E-state index is 0.186. The Labute approximate surface area is 199 Å². The predicted molar refractivity (Wildman–Crippen MR) is 109 cm³/mol.